The van der Waals surface area contributed by atoms with Crippen LogP contribution < -0.4 is 4.74 Å². The molecule has 0 radical (unpaired) electrons. The highest BCUT2D eigenvalue weighted by atomic mass is 16.7. The van der Waals surface area contributed by atoms with Gasteiger partial charge in [-0.15, -0.1) is 0 Å². The number of carbonyl (C=O) groups excluding carboxylic acids is 1. The van der Waals surface area contributed by atoms with Gasteiger partial charge in [-0.1, -0.05) is 6.07 Å². The topological polar surface area (TPSA) is 57.7 Å². The molecule has 0 amide bonds. The first-order chi connectivity index (χ1) is 8.18. The first-order valence-electron chi connectivity index (χ1n) is 5.58. The largest absolute Gasteiger partial charge is 0.515 e. The first kappa shape index (κ1) is 11.9. The number of rotatable bonds is 2. The number of carbonyl (C=O) groups is 1. The second kappa shape index (κ2) is 5.14. The monoisotopic (exact) mass is 237 g/mol. The Kier molecular flexibility index (Phi) is 3.58. The maximum Gasteiger partial charge on any atom is 0.515 e. The summed E-state index contributed by atoms with van der Waals surface area (Å²) in [6.45, 7) is 3.09. The molecule has 5 heteroatoms. The predicted molar refractivity (Wildman–Crippen MR) is 59.8 cm³/mol. The molecule has 2 rings (SSSR count). The summed E-state index contributed by atoms with van der Waals surface area (Å²) in [5.41, 5.74) is -0.496. The second-order valence-corrected chi connectivity index (χ2v) is 4.18. The number of pyridine rings is 1. The van der Waals surface area contributed by atoms with Crippen LogP contribution in [0, 0.1) is 0 Å². The van der Waals surface area contributed by atoms with Crippen LogP contribution >= 0.6 is 0 Å². The highest BCUT2D eigenvalue weighted by molar-refractivity contribution is 5.63. The van der Waals surface area contributed by atoms with Gasteiger partial charge in [0.25, 0.3) is 0 Å². The summed E-state index contributed by atoms with van der Waals surface area (Å²) < 4.78 is 15.5. The summed E-state index contributed by atoms with van der Waals surface area (Å²) in [6, 6.07) is 5.09. The summed E-state index contributed by atoms with van der Waals surface area (Å²) in [5, 5.41) is 0. The second-order valence-electron chi connectivity index (χ2n) is 4.18. The van der Waals surface area contributed by atoms with Gasteiger partial charge in [-0.3, -0.25) is 0 Å². The van der Waals surface area contributed by atoms with E-state index in [1.807, 2.05) is 6.92 Å². The third kappa shape index (κ3) is 3.42. The summed E-state index contributed by atoms with van der Waals surface area (Å²) in [5.74, 6) is 0.244. The Morgan fingerprint density at radius 1 is 1.41 bits per heavy atom. The fraction of sp³-hybridized carbons (Fsp3) is 0.500. The van der Waals surface area contributed by atoms with Gasteiger partial charge in [0.2, 0.25) is 5.88 Å². The molecule has 0 saturated carbocycles. The lowest BCUT2D eigenvalue weighted by molar-refractivity contribution is -0.0720. The molecular weight excluding hydrogens is 222 g/mol. The van der Waals surface area contributed by atoms with Gasteiger partial charge in [-0.25, -0.2) is 9.78 Å². The van der Waals surface area contributed by atoms with Crippen molar-refractivity contribution in [3.63, 3.8) is 0 Å². The molecule has 0 aliphatic carbocycles. The number of nitrogens with zero attached hydrogens (tertiary/aromatic N) is 1. The molecule has 0 unspecified atom stereocenters. The van der Waals surface area contributed by atoms with E-state index >= 15 is 0 Å². The molecule has 0 N–H and O–H groups in total. The molecule has 92 valence electrons. The Morgan fingerprint density at radius 3 is 2.82 bits per heavy atom. The van der Waals surface area contributed by atoms with Crippen LogP contribution in [-0.2, 0) is 9.47 Å². The maximum atomic E-state index is 11.6. The first-order valence-corrected chi connectivity index (χ1v) is 5.58. The Morgan fingerprint density at radius 2 is 2.18 bits per heavy atom. The molecule has 1 aromatic heterocycles. The van der Waals surface area contributed by atoms with Crippen LogP contribution in [0.4, 0.5) is 4.79 Å². The van der Waals surface area contributed by atoms with Crippen LogP contribution in [0.15, 0.2) is 24.4 Å². The average molecular weight is 237 g/mol. The summed E-state index contributed by atoms with van der Waals surface area (Å²) in [4.78, 5) is 15.4. The van der Waals surface area contributed by atoms with E-state index < -0.39 is 11.8 Å². The summed E-state index contributed by atoms with van der Waals surface area (Å²) in [6.07, 6.45) is 2.21. The van der Waals surface area contributed by atoms with Crippen LogP contribution in [0.1, 0.15) is 19.8 Å². The van der Waals surface area contributed by atoms with E-state index in [1.54, 1.807) is 24.4 Å². The SMILES string of the molecule is CC1(OC(=O)Oc2ccccn2)CCOCC1. The van der Waals surface area contributed by atoms with Gasteiger partial charge >= 0.3 is 6.16 Å². The zero-order chi connectivity index (χ0) is 12.1. The van der Waals surface area contributed by atoms with Gasteiger partial charge in [-0.2, -0.15) is 0 Å². The minimum absolute atomic E-state index is 0.244. The van der Waals surface area contributed by atoms with Crippen LogP contribution in [0.5, 0.6) is 5.88 Å². The van der Waals surface area contributed by atoms with E-state index in [4.69, 9.17) is 14.2 Å². The molecule has 5 nitrogen and oxygen atoms in total. The van der Waals surface area contributed by atoms with Crippen molar-refractivity contribution < 1.29 is 19.0 Å². The molecule has 0 aromatic carbocycles. The van der Waals surface area contributed by atoms with Crippen molar-refractivity contribution in [1.29, 1.82) is 0 Å². The predicted octanol–water partition coefficient (Wildman–Crippen LogP) is 2.17. The maximum absolute atomic E-state index is 11.6. The Labute approximate surface area is 99.7 Å². The number of ether oxygens (including phenoxy) is 3. The van der Waals surface area contributed by atoms with Gasteiger partial charge in [0.15, 0.2) is 0 Å². The molecule has 0 atom stereocenters. The van der Waals surface area contributed by atoms with Gasteiger partial charge < -0.3 is 14.2 Å². The van der Waals surface area contributed by atoms with E-state index in [2.05, 4.69) is 4.98 Å². The Balaban J connectivity index is 1.88. The van der Waals surface area contributed by atoms with Gasteiger partial charge in [0.05, 0.1) is 13.2 Å². The molecule has 1 fully saturated rings. The molecule has 1 aromatic rings. The fourth-order valence-corrected chi connectivity index (χ4v) is 1.62. The van der Waals surface area contributed by atoms with Crippen LogP contribution in [0.2, 0.25) is 0 Å². The summed E-state index contributed by atoms with van der Waals surface area (Å²) in [7, 11) is 0. The average Bonchev–Trinajstić information content (AvgIpc) is 2.30. The number of hydrogen-bond acceptors (Lipinski definition) is 5. The summed E-state index contributed by atoms with van der Waals surface area (Å²) >= 11 is 0. The van der Waals surface area contributed by atoms with Crippen molar-refractivity contribution in [3.8, 4) is 5.88 Å². The van der Waals surface area contributed by atoms with Gasteiger partial charge in [0, 0.05) is 25.1 Å². The van der Waals surface area contributed by atoms with Gasteiger partial charge in [-0.05, 0) is 13.0 Å². The van der Waals surface area contributed by atoms with E-state index in [-0.39, 0.29) is 5.88 Å². The van der Waals surface area contributed by atoms with E-state index in [1.165, 1.54) is 0 Å². The van der Waals surface area contributed by atoms with Crippen molar-refractivity contribution in [2.24, 2.45) is 0 Å². The fourth-order valence-electron chi connectivity index (χ4n) is 1.62. The van der Waals surface area contributed by atoms with Crippen molar-refractivity contribution in [2.75, 3.05) is 13.2 Å². The van der Waals surface area contributed by atoms with E-state index in [0.717, 1.165) is 0 Å². The standard InChI is InChI=1S/C12H15NO4/c1-12(5-8-15-9-6-12)17-11(14)16-10-4-2-3-7-13-10/h2-4,7H,5-6,8-9H2,1H3. The Hall–Kier alpha value is -1.62. The third-order valence-corrected chi connectivity index (χ3v) is 2.71. The van der Waals surface area contributed by atoms with Crippen molar-refractivity contribution in [1.82, 2.24) is 4.98 Å². The molecule has 1 aliphatic rings. The van der Waals surface area contributed by atoms with Crippen molar-refractivity contribution in [2.45, 2.75) is 25.4 Å². The minimum Gasteiger partial charge on any atom is -0.427 e. The smallest absolute Gasteiger partial charge is 0.427 e. The van der Waals surface area contributed by atoms with Crippen LogP contribution in [0.3, 0.4) is 0 Å². The van der Waals surface area contributed by atoms with E-state index in [9.17, 15) is 4.79 Å². The molecule has 1 aliphatic heterocycles. The quantitative estimate of drug-likeness (QED) is 0.738. The Bertz CT molecular complexity index is 373. The van der Waals surface area contributed by atoms with Crippen molar-refractivity contribution in [3.05, 3.63) is 24.4 Å². The lowest BCUT2D eigenvalue weighted by Crippen LogP contribution is -2.38. The third-order valence-electron chi connectivity index (χ3n) is 2.71. The molecule has 2 heterocycles. The molecule has 0 bridgehead atoms. The normalized spacial score (nSPS) is 18.4. The number of aromatic nitrogens is 1. The van der Waals surface area contributed by atoms with Crippen LogP contribution in [-0.4, -0.2) is 30.0 Å². The molecule has 1 saturated heterocycles. The highest BCUT2D eigenvalue weighted by Crippen LogP contribution is 2.25. The zero-order valence-electron chi connectivity index (χ0n) is 9.72. The zero-order valence-corrected chi connectivity index (χ0v) is 9.72. The lowest BCUT2D eigenvalue weighted by Gasteiger charge is -2.32. The highest BCUT2D eigenvalue weighted by Gasteiger charge is 2.32. The van der Waals surface area contributed by atoms with Crippen LogP contribution in [0.25, 0.3) is 0 Å². The minimum atomic E-state index is -0.715. The van der Waals surface area contributed by atoms with Gasteiger partial charge in [0.1, 0.15) is 5.60 Å². The molecule has 17 heavy (non-hydrogen) atoms. The molecular formula is C12H15NO4. The molecule has 0 spiro atoms. The van der Waals surface area contributed by atoms with E-state index in [0.29, 0.717) is 26.1 Å². The van der Waals surface area contributed by atoms with Crippen molar-refractivity contribution >= 4 is 6.16 Å². The lowest BCUT2D eigenvalue weighted by atomic mass is 9.97. The number of hydrogen-bond donors (Lipinski definition) is 0.